The fourth-order valence-electron chi connectivity index (χ4n) is 3.39. The molecule has 1 saturated heterocycles. The lowest BCUT2D eigenvalue weighted by molar-refractivity contribution is 0.0693. The highest BCUT2D eigenvalue weighted by Crippen LogP contribution is 2.28. The van der Waals surface area contributed by atoms with Crippen LogP contribution in [0.25, 0.3) is 0 Å². The summed E-state index contributed by atoms with van der Waals surface area (Å²) in [4.78, 5) is 26.7. The summed E-state index contributed by atoms with van der Waals surface area (Å²) in [6.45, 7) is 3.26. The maximum absolute atomic E-state index is 13.8. The molecule has 0 bridgehead atoms. The Labute approximate surface area is 169 Å². The van der Waals surface area contributed by atoms with E-state index in [-0.39, 0.29) is 23.4 Å². The molecule has 0 atom stereocenters. The van der Waals surface area contributed by atoms with E-state index in [4.69, 9.17) is 9.47 Å². The van der Waals surface area contributed by atoms with Crippen molar-refractivity contribution in [3.63, 3.8) is 0 Å². The van der Waals surface area contributed by atoms with Crippen LogP contribution in [0.15, 0.2) is 42.5 Å². The average molecular weight is 400 g/mol. The van der Waals surface area contributed by atoms with Crippen LogP contribution >= 0.6 is 0 Å². The zero-order valence-electron chi connectivity index (χ0n) is 16.6. The van der Waals surface area contributed by atoms with Gasteiger partial charge in [-0.2, -0.15) is 0 Å². The van der Waals surface area contributed by atoms with Crippen LogP contribution in [0.2, 0.25) is 0 Å². The van der Waals surface area contributed by atoms with E-state index in [2.05, 4.69) is 5.32 Å². The molecule has 2 aromatic carbocycles. The van der Waals surface area contributed by atoms with Crippen LogP contribution in [0.1, 0.15) is 40.5 Å². The van der Waals surface area contributed by atoms with Gasteiger partial charge in [0.2, 0.25) is 0 Å². The van der Waals surface area contributed by atoms with Gasteiger partial charge in [0, 0.05) is 24.7 Å². The Kier molecular flexibility index (Phi) is 6.69. The maximum Gasteiger partial charge on any atom is 0.256 e. The molecule has 1 N–H and O–H groups in total. The van der Waals surface area contributed by atoms with Crippen molar-refractivity contribution in [2.24, 2.45) is 0 Å². The maximum atomic E-state index is 13.8. The third kappa shape index (κ3) is 4.85. The normalized spacial score (nSPS) is 14.4. The number of benzene rings is 2. The molecule has 1 aliphatic heterocycles. The summed E-state index contributed by atoms with van der Waals surface area (Å²) in [7, 11) is 1.55. The number of carbonyl (C=O) groups excluding carboxylic acids is 2. The van der Waals surface area contributed by atoms with Crippen LogP contribution in [0.4, 0.5) is 4.39 Å². The summed E-state index contributed by atoms with van der Waals surface area (Å²) < 4.78 is 24.6. The SMILES string of the molecule is CCOc1cc(C(=O)NC2CCN(C(=O)c3ccccc3F)CC2)ccc1OC. The first-order chi connectivity index (χ1) is 14.0. The number of hydrogen-bond donors (Lipinski definition) is 1. The largest absolute Gasteiger partial charge is 0.493 e. The molecule has 6 nitrogen and oxygen atoms in total. The predicted molar refractivity (Wildman–Crippen MR) is 107 cm³/mol. The van der Waals surface area contributed by atoms with Gasteiger partial charge in [0.1, 0.15) is 5.82 Å². The number of likely N-dealkylation sites (tertiary alicyclic amines) is 1. The van der Waals surface area contributed by atoms with Crippen LogP contribution < -0.4 is 14.8 Å². The van der Waals surface area contributed by atoms with E-state index in [1.54, 1.807) is 42.3 Å². The van der Waals surface area contributed by atoms with Gasteiger partial charge in [0.05, 0.1) is 19.3 Å². The second kappa shape index (κ2) is 9.41. The second-order valence-electron chi connectivity index (χ2n) is 6.82. The van der Waals surface area contributed by atoms with Crippen LogP contribution in [0.5, 0.6) is 11.5 Å². The van der Waals surface area contributed by atoms with Gasteiger partial charge >= 0.3 is 0 Å². The minimum Gasteiger partial charge on any atom is -0.493 e. The van der Waals surface area contributed by atoms with Crippen LogP contribution in [-0.4, -0.2) is 49.6 Å². The molecule has 154 valence electrons. The van der Waals surface area contributed by atoms with Crippen molar-refractivity contribution in [3.05, 3.63) is 59.4 Å². The van der Waals surface area contributed by atoms with Crippen molar-refractivity contribution in [2.75, 3.05) is 26.8 Å². The summed E-state index contributed by atoms with van der Waals surface area (Å²) in [5.41, 5.74) is 0.566. The lowest BCUT2D eigenvalue weighted by Gasteiger charge is -2.32. The first-order valence-electron chi connectivity index (χ1n) is 9.69. The Bertz CT molecular complexity index is 879. The lowest BCUT2D eigenvalue weighted by Crippen LogP contribution is -2.46. The summed E-state index contributed by atoms with van der Waals surface area (Å²) in [5.74, 6) is 0.0609. The standard InChI is InChI=1S/C22H25FN2O4/c1-3-29-20-14-15(8-9-19(20)28-2)21(26)24-16-10-12-25(13-11-16)22(27)17-6-4-5-7-18(17)23/h4-9,14,16H,3,10-13H2,1-2H3,(H,24,26). The smallest absolute Gasteiger partial charge is 0.256 e. The predicted octanol–water partition coefficient (Wildman–Crippen LogP) is 3.27. The first-order valence-corrected chi connectivity index (χ1v) is 9.69. The van der Waals surface area contributed by atoms with Crippen molar-refractivity contribution in [2.45, 2.75) is 25.8 Å². The van der Waals surface area contributed by atoms with Gasteiger partial charge in [-0.1, -0.05) is 12.1 Å². The van der Waals surface area contributed by atoms with Crippen molar-refractivity contribution in [1.82, 2.24) is 10.2 Å². The first kappa shape index (κ1) is 20.6. The van der Waals surface area contributed by atoms with Crippen molar-refractivity contribution in [3.8, 4) is 11.5 Å². The molecule has 3 rings (SSSR count). The van der Waals surface area contributed by atoms with Gasteiger partial charge in [-0.15, -0.1) is 0 Å². The number of rotatable bonds is 6. The van der Waals surface area contributed by atoms with Gasteiger partial charge in [-0.25, -0.2) is 4.39 Å². The number of carbonyl (C=O) groups is 2. The average Bonchev–Trinajstić information content (AvgIpc) is 2.74. The number of ether oxygens (including phenoxy) is 2. The highest BCUT2D eigenvalue weighted by atomic mass is 19.1. The van der Waals surface area contributed by atoms with Gasteiger partial charge in [0.25, 0.3) is 11.8 Å². The summed E-state index contributed by atoms with van der Waals surface area (Å²) in [5, 5.41) is 3.01. The van der Waals surface area contributed by atoms with Crippen LogP contribution in [-0.2, 0) is 0 Å². The topological polar surface area (TPSA) is 67.9 Å². The second-order valence-corrected chi connectivity index (χ2v) is 6.82. The molecule has 0 saturated carbocycles. The number of amides is 2. The monoisotopic (exact) mass is 400 g/mol. The van der Waals surface area contributed by atoms with E-state index >= 15 is 0 Å². The van der Waals surface area contributed by atoms with Crippen molar-refractivity contribution < 1.29 is 23.5 Å². The number of hydrogen-bond acceptors (Lipinski definition) is 4. The van der Waals surface area contributed by atoms with E-state index in [1.165, 1.54) is 12.1 Å². The molecule has 29 heavy (non-hydrogen) atoms. The molecule has 1 heterocycles. The van der Waals surface area contributed by atoms with Gasteiger partial charge in [-0.3, -0.25) is 9.59 Å². The molecule has 2 amide bonds. The lowest BCUT2D eigenvalue weighted by atomic mass is 10.0. The highest BCUT2D eigenvalue weighted by Gasteiger charge is 2.26. The Morgan fingerprint density at radius 3 is 2.52 bits per heavy atom. The zero-order valence-corrected chi connectivity index (χ0v) is 16.6. The Morgan fingerprint density at radius 1 is 1.14 bits per heavy atom. The molecule has 0 aromatic heterocycles. The molecule has 7 heteroatoms. The van der Waals surface area contributed by atoms with E-state index in [1.807, 2.05) is 6.92 Å². The number of nitrogens with one attached hydrogen (secondary N) is 1. The molecule has 0 aliphatic carbocycles. The summed E-state index contributed by atoms with van der Waals surface area (Å²) in [6.07, 6.45) is 1.22. The van der Waals surface area contributed by atoms with Crippen LogP contribution in [0.3, 0.4) is 0 Å². The minimum absolute atomic E-state index is 0.0511. The molecule has 0 unspecified atom stereocenters. The third-order valence-corrected chi connectivity index (χ3v) is 4.95. The van der Waals surface area contributed by atoms with E-state index in [0.717, 1.165) is 0 Å². The number of methoxy groups -OCH3 is 1. The van der Waals surface area contributed by atoms with E-state index in [0.29, 0.717) is 49.6 Å². The van der Waals surface area contributed by atoms with Gasteiger partial charge in [0.15, 0.2) is 11.5 Å². The fourth-order valence-corrected chi connectivity index (χ4v) is 3.39. The van der Waals surface area contributed by atoms with E-state index < -0.39 is 5.82 Å². The number of nitrogens with zero attached hydrogens (tertiary/aromatic N) is 1. The quantitative estimate of drug-likeness (QED) is 0.808. The molecule has 1 fully saturated rings. The van der Waals surface area contributed by atoms with Crippen molar-refractivity contribution in [1.29, 1.82) is 0 Å². The van der Waals surface area contributed by atoms with Crippen molar-refractivity contribution >= 4 is 11.8 Å². The Morgan fingerprint density at radius 2 is 1.86 bits per heavy atom. The number of halogens is 1. The summed E-state index contributed by atoms with van der Waals surface area (Å²) >= 11 is 0. The van der Waals surface area contributed by atoms with Gasteiger partial charge in [-0.05, 0) is 50.1 Å². The molecule has 0 spiro atoms. The molecular formula is C22H25FN2O4. The summed E-state index contributed by atoms with van der Waals surface area (Å²) in [6, 6.07) is 11.0. The molecule has 0 radical (unpaired) electrons. The third-order valence-electron chi connectivity index (χ3n) is 4.95. The van der Waals surface area contributed by atoms with E-state index in [9.17, 15) is 14.0 Å². The molecule has 2 aromatic rings. The molecule has 1 aliphatic rings. The van der Waals surface area contributed by atoms with Crippen LogP contribution in [0, 0.1) is 5.82 Å². The Hall–Kier alpha value is -3.09. The highest BCUT2D eigenvalue weighted by molar-refractivity contribution is 5.95. The molecular weight excluding hydrogens is 375 g/mol. The van der Waals surface area contributed by atoms with Gasteiger partial charge < -0.3 is 19.7 Å². The fraction of sp³-hybridized carbons (Fsp3) is 0.364. The minimum atomic E-state index is -0.516. The number of piperidine rings is 1. The zero-order chi connectivity index (χ0) is 20.8. The Balaban J connectivity index is 1.58.